The predicted molar refractivity (Wildman–Crippen MR) is 79.1 cm³/mol. The standard InChI is InChI=1S/C13H28N2O2S/c1-2-3-4-5-6-7-8-9-11-18-12-10-14-15-13(16)17/h14-15H,2-12H2,1H3,(H,16,17). The van der Waals surface area contributed by atoms with Gasteiger partial charge in [-0.25, -0.2) is 10.2 Å². The van der Waals surface area contributed by atoms with Gasteiger partial charge in [0.25, 0.3) is 0 Å². The van der Waals surface area contributed by atoms with Gasteiger partial charge in [-0.3, -0.25) is 5.43 Å². The van der Waals surface area contributed by atoms with E-state index in [4.69, 9.17) is 5.11 Å². The molecule has 5 heteroatoms. The maximum atomic E-state index is 10.1. The number of amides is 1. The highest BCUT2D eigenvalue weighted by molar-refractivity contribution is 7.99. The van der Waals surface area contributed by atoms with Crippen LogP contribution in [0.1, 0.15) is 58.3 Å². The van der Waals surface area contributed by atoms with Gasteiger partial charge < -0.3 is 5.11 Å². The lowest BCUT2D eigenvalue weighted by Gasteiger charge is -2.04. The Morgan fingerprint density at radius 1 is 1.00 bits per heavy atom. The Bertz CT molecular complexity index is 192. The quantitative estimate of drug-likeness (QED) is 0.355. The summed E-state index contributed by atoms with van der Waals surface area (Å²) < 4.78 is 0. The monoisotopic (exact) mass is 276 g/mol. The predicted octanol–water partition coefficient (Wildman–Crippen LogP) is 3.63. The minimum absolute atomic E-state index is 0.688. The fraction of sp³-hybridized carbons (Fsp3) is 0.923. The largest absolute Gasteiger partial charge is 0.464 e. The van der Waals surface area contributed by atoms with Gasteiger partial charge in [0.15, 0.2) is 0 Å². The molecule has 18 heavy (non-hydrogen) atoms. The molecule has 4 nitrogen and oxygen atoms in total. The van der Waals surface area contributed by atoms with Crippen molar-refractivity contribution in [2.24, 2.45) is 0 Å². The molecule has 0 fully saturated rings. The van der Waals surface area contributed by atoms with E-state index in [2.05, 4.69) is 17.8 Å². The summed E-state index contributed by atoms with van der Waals surface area (Å²) in [5, 5.41) is 8.31. The van der Waals surface area contributed by atoms with E-state index in [-0.39, 0.29) is 0 Å². The van der Waals surface area contributed by atoms with Gasteiger partial charge in [0.2, 0.25) is 0 Å². The third kappa shape index (κ3) is 15.6. The molecule has 0 aromatic carbocycles. The second-order valence-electron chi connectivity index (χ2n) is 4.44. The Balaban J connectivity index is 2.92. The number of thioether (sulfide) groups is 1. The average Bonchev–Trinajstić information content (AvgIpc) is 2.34. The van der Waals surface area contributed by atoms with Crippen molar-refractivity contribution in [1.29, 1.82) is 0 Å². The summed E-state index contributed by atoms with van der Waals surface area (Å²) in [4.78, 5) is 10.1. The number of rotatable bonds is 13. The molecule has 0 aliphatic rings. The zero-order valence-corrected chi connectivity index (χ0v) is 12.4. The van der Waals surface area contributed by atoms with Crippen LogP contribution in [0.15, 0.2) is 0 Å². The van der Waals surface area contributed by atoms with Crippen LogP contribution in [0.4, 0.5) is 4.79 Å². The highest BCUT2D eigenvalue weighted by Gasteiger charge is 1.94. The first-order valence-corrected chi connectivity index (χ1v) is 8.22. The molecule has 108 valence electrons. The first-order valence-electron chi connectivity index (χ1n) is 7.07. The van der Waals surface area contributed by atoms with Crippen LogP contribution >= 0.6 is 11.8 Å². The molecule has 0 aliphatic heterocycles. The summed E-state index contributed by atoms with van der Waals surface area (Å²) in [6.45, 7) is 2.94. The molecular formula is C13H28N2O2S. The minimum Gasteiger partial charge on any atom is -0.464 e. The number of nitrogens with one attached hydrogen (secondary N) is 2. The van der Waals surface area contributed by atoms with Crippen molar-refractivity contribution >= 4 is 17.9 Å². The fourth-order valence-corrected chi connectivity index (χ4v) is 2.56. The van der Waals surface area contributed by atoms with Crippen molar-refractivity contribution in [3.8, 4) is 0 Å². The maximum absolute atomic E-state index is 10.1. The Hall–Kier alpha value is -0.420. The van der Waals surface area contributed by atoms with E-state index in [1.807, 2.05) is 11.8 Å². The molecule has 1 amide bonds. The molecule has 0 radical (unpaired) electrons. The fourth-order valence-electron chi connectivity index (χ4n) is 1.70. The van der Waals surface area contributed by atoms with Crippen LogP contribution in [-0.2, 0) is 0 Å². The lowest BCUT2D eigenvalue weighted by molar-refractivity contribution is 0.189. The van der Waals surface area contributed by atoms with E-state index in [9.17, 15) is 4.79 Å². The van der Waals surface area contributed by atoms with E-state index >= 15 is 0 Å². The van der Waals surface area contributed by atoms with Gasteiger partial charge in [-0.1, -0.05) is 51.9 Å². The SMILES string of the molecule is CCCCCCCCCCSCCNNC(=O)O. The minimum atomic E-state index is -1.02. The molecule has 0 saturated heterocycles. The number of hydrogen-bond donors (Lipinski definition) is 3. The Kier molecular flexibility index (Phi) is 14.3. The van der Waals surface area contributed by atoms with Gasteiger partial charge in [0.05, 0.1) is 0 Å². The van der Waals surface area contributed by atoms with Crippen LogP contribution in [0.3, 0.4) is 0 Å². The van der Waals surface area contributed by atoms with Crippen molar-refractivity contribution < 1.29 is 9.90 Å². The summed E-state index contributed by atoms with van der Waals surface area (Å²) >= 11 is 1.88. The topological polar surface area (TPSA) is 61.4 Å². The summed E-state index contributed by atoms with van der Waals surface area (Å²) in [5.41, 5.74) is 4.78. The molecule has 0 rings (SSSR count). The van der Waals surface area contributed by atoms with Crippen LogP contribution in [0.5, 0.6) is 0 Å². The van der Waals surface area contributed by atoms with Crippen molar-refractivity contribution in [3.63, 3.8) is 0 Å². The van der Waals surface area contributed by atoms with E-state index < -0.39 is 6.09 Å². The van der Waals surface area contributed by atoms with Gasteiger partial charge in [0, 0.05) is 12.3 Å². The van der Waals surface area contributed by atoms with Crippen LogP contribution in [0.2, 0.25) is 0 Å². The molecule has 0 heterocycles. The normalized spacial score (nSPS) is 10.5. The maximum Gasteiger partial charge on any atom is 0.419 e. The number of hydrogen-bond acceptors (Lipinski definition) is 3. The number of carbonyl (C=O) groups is 1. The Morgan fingerprint density at radius 3 is 2.22 bits per heavy atom. The zero-order chi connectivity index (χ0) is 13.5. The van der Waals surface area contributed by atoms with Gasteiger partial charge >= 0.3 is 6.09 Å². The third-order valence-electron chi connectivity index (χ3n) is 2.71. The first-order chi connectivity index (χ1) is 8.77. The van der Waals surface area contributed by atoms with Gasteiger partial charge in [-0.05, 0) is 12.2 Å². The first kappa shape index (κ1) is 17.6. The van der Waals surface area contributed by atoms with Crippen LogP contribution in [-0.4, -0.2) is 29.3 Å². The number of carboxylic acid groups (broad SMARTS) is 1. The lowest BCUT2D eigenvalue weighted by Crippen LogP contribution is -2.37. The smallest absolute Gasteiger partial charge is 0.419 e. The molecule has 0 spiro atoms. The zero-order valence-electron chi connectivity index (χ0n) is 11.5. The molecular weight excluding hydrogens is 248 g/mol. The third-order valence-corrected chi connectivity index (χ3v) is 3.78. The Morgan fingerprint density at radius 2 is 1.61 bits per heavy atom. The van der Waals surface area contributed by atoms with Crippen LogP contribution in [0, 0.1) is 0 Å². The second kappa shape index (κ2) is 14.6. The van der Waals surface area contributed by atoms with Crippen molar-refractivity contribution in [2.45, 2.75) is 58.3 Å². The van der Waals surface area contributed by atoms with E-state index in [1.165, 1.54) is 57.1 Å². The van der Waals surface area contributed by atoms with Gasteiger partial charge in [-0.15, -0.1) is 0 Å². The highest BCUT2D eigenvalue weighted by Crippen LogP contribution is 2.10. The molecule has 0 aliphatic carbocycles. The van der Waals surface area contributed by atoms with Crippen LogP contribution in [0.25, 0.3) is 0 Å². The van der Waals surface area contributed by atoms with Gasteiger partial charge in [-0.2, -0.15) is 11.8 Å². The average molecular weight is 276 g/mol. The molecule has 0 aromatic heterocycles. The van der Waals surface area contributed by atoms with E-state index in [0.29, 0.717) is 6.54 Å². The molecule has 0 bridgehead atoms. The summed E-state index contributed by atoms with van der Waals surface area (Å²) in [6.07, 6.45) is 9.83. The van der Waals surface area contributed by atoms with E-state index in [0.717, 1.165) is 5.75 Å². The molecule has 0 unspecified atom stereocenters. The van der Waals surface area contributed by atoms with Gasteiger partial charge in [0.1, 0.15) is 0 Å². The summed E-state index contributed by atoms with van der Waals surface area (Å²) in [6, 6.07) is 0. The Labute approximate surface area is 115 Å². The summed E-state index contributed by atoms with van der Waals surface area (Å²) in [5.74, 6) is 2.14. The highest BCUT2D eigenvalue weighted by atomic mass is 32.2. The molecule has 0 aromatic rings. The lowest BCUT2D eigenvalue weighted by atomic mass is 10.1. The molecule has 3 N–H and O–H groups in total. The van der Waals surface area contributed by atoms with Crippen molar-refractivity contribution in [1.82, 2.24) is 10.9 Å². The van der Waals surface area contributed by atoms with E-state index in [1.54, 1.807) is 0 Å². The molecule has 0 saturated carbocycles. The molecule has 0 atom stereocenters. The van der Waals surface area contributed by atoms with Crippen molar-refractivity contribution in [2.75, 3.05) is 18.1 Å². The van der Waals surface area contributed by atoms with Crippen LogP contribution < -0.4 is 10.9 Å². The number of hydrazine groups is 1. The van der Waals surface area contributed by atoms with Crippen molar-refractivity contribution in [3.05, 3.63) is 0 Å². The summed E-state index contributed by atoms with van der Waals surface area (Å²) in [7, 11) is 0. The second-order valence-corrected chi connectivity index (χ2v) is 5.67. The number of unbranched alkanes of at least 4 members (excludes halogenated alkanes) is 7.